The summed E-state index contributed by atoms with van der Waals surface area (Å²) in [6.45, 7) is 0. The van der Waals surface area contributed by atoms with Crippen LogP contribution in [0.15, 0.2) is 42.5 Å². The molecule has 2 aromatic carbocycles. The van der Waals surface area contributed by atoms with Gasteiger partial charge in [0, 0.05) is 6.42 Å². The molecule has 0 radical (unpaired) electrons. The Labute approximate surface area is 136 Å². The number of rotatable bonds is 5. The SMILES string of the molecule is COc1ccc(CCC(=O)Nc2nc3ccccc3s2)cc1F. The highest BCUT2D eigenvalue weighted by atomic mass is 32.1. The number of nitrogens with one attached hydrogen (secondary N) is 1. The molecule has 1 amide bonds. The Kier molecular flexibility index (Phi) is 4.52. The number of hydrogen-bond donors (Lipinski definition) is 1. The molecule has 1 aromatic heterocycles. The van der Waals surface area contributed by atoms with Crippen molar-refractivity contribution in [3.8, 4) is 5.75 Å². The number of para-hydroxylation sites is 1. The molecule has 0 fully saturated rings. The topological polar surface area (TPSA) is 51.2 Å². The fraction of sp³-hybridized carbons (Fsp3) is 0.176. The van der Waals surface area contributed by atoms with Gasteiger partial charge >= 0.3 is 0 Å². The highest BCUT2D eigenvalue weighted by Gasteiger charge is 2.09. The summed E-state index contributed by atoms with van der Waals surface area (Å²) in [6, 6.07) is 12.4. The molecule has 0 saturated carbocycles. The summed E-state index contributed by atoms with van der Waals surface area (Å²) in [6.07, 6.45) is 0.722. The van der Waals surface area contributed by atoms with Crippen LogP contribution in [0.25, 0.3) is 10.2 Å². The first-order chi connectivity index (χ1) is 11.2. The second-order valence-electron chi connectivity index (χ2n) is 5.00. The summed E-state index contributed by atoms with van der Waals surface area (Å²) in [7, 11) is 1.42. The molecule has 0 spiro atoms. The number of ether oxygens (including phenoxy) is 1. The van der Waals surface area contributed by atoms with E-state index in [1.165, 1.54) is 24.5 Å². The normalized spacial score (nSPS) is 10.7. The molecule has 0 bridgehead atoms. The highest BCUT2D eigenvalue weighted by molar-refractivity contribution is 7.22. The molecule has 0 aliphatic carbocycles. The zero-order valence-corrected chi connectivity index (χ0v) is 13.3. The molecule has 0 saturated heterocycles. The first-order valence-electron chi connectivity index (χ1n) is 7.13. The van der Waals surface area contributed by atoms with E-state index in [0.29, 0.717) is 11.6 Å². The summed E-state index contributed by atoms with van der Waals surface area (Å²) >= 11 is 1.44. The number of amides is 1. The van der Waals surface area contributed by atoms with Crippen LogP contribution in [-0.4, -0.2) is 18.0 Å². The number of thiazole rings is 1. The van der Waals surface area contributed by atoms with Crippen molar-refractivity contribution in [1.82, 2.24) is 4.98 Å². The van der Waals surface area contributed by atoms with Crippen molar-refractivity contribution < 1.29 is 13.9 Å². The van der Waals surface area contributed by atoms with E-state index in [2.05, 4.69) is 10.3 Å². The molecule has 0 unspecified atom stereocenters. The van der Waals surface area contributed by atoms with Crippen LogP contribution in [0.5, 0.6) is 5.75 Å². The van der Waals surface area contributed by atoms with Crippen LogP contribution < -0.4 is 10.1 Å². The zero-order chi connectivity index (χ0) is 16.2. The number of benzene rings is 2. The van der Waals surface area contributed by atoms with Crippen molar-refractivity contribution in [2.24, 2.45) is 0 Å². The third-order valence-electron chi connectivity index (χ3n) is 3.40. The number of carbonyl (C=O) groups excluding carboxylic acids is 1. The molecule has 3 rings (SSSR count). The third kappa shape index (κ3) is 3.65. The smallest absolute Gasteiger partial charge is 0.226 e. The van der Waals surface area contributed by atoms with Crippen molar-refractivity contribution in [1.29, 1.82) is 0 Å². The minimum Gasteiger partial charge on any atom is -0.494 e. The van der Waals surface area contributed by atoms with E-state index in [0.717, 1.165) is 15.8 Å². The van der Waals surface area contributed by atoms with Gasteiger partial charge in [0.2, 0.25) is 5.91 Å². The zero-order valence-electron chi connectivity index (χ0n) is 12.5. The van der Waals surface area contributed by atoms with Gasteiger partial charge in [-0.2, -0.15) is 0 Å². The number of carbonyl (C=O) groups is 1. The van der Waals surface area contributed by atoms with E-state index in [1.807, 2.05) is 24.3 Å². The first kappa shape index (κ1) is 15.4. The van der Waals surface area contributed by atoms with Crippen molar-refractivity contribution in [2.45, 2.75) is 12.8 Å². The molecule has 0 aliphatic heterocycles. The number of methoxy groups -OCH3 is 1. The molecule has 0 atom stereocenters. The number of aryl methyl sites for hydroxylation is 1. The Bertz CT molecular complexity index is 814. The lowest BCUT2D eigenvalue weighted by Gasteiger charge is -2.05. The summed E-state index contributed by atoms with van der Waals surface area (Å²) in [5, 5.41) is 3.37. The molecular weight excluding hydrogens is 315 g/mol. The van der Waals surface area contributed by atoms with E-state index in [1.54, 1.807) is 12.1 Å². The summed E-state index contributed by atoms with van der Waals surface area (Å²) in [5.41, 5.74) is 1.62. The van der Waals surface area contributed by atoms with Crippen molar-refractivity contribution in [2.75, 3.05) is 12.4 Å². The minimum absolute atomic E-state index is 0.139. The van der Waals surface area contributed by atoms with Crippen molar-refractivity contribution in [3.63, 3.8) is 0 Å². The Morgan fingerprint density at radius 1 is 1.30 bits per heavy atom. The number of fused-ring (bicyclic) bond motifs is 1. The van der Waals surface area contributed by atoms with E-state index in [-0.39, 0.29) is 18.1 Å². The molecular formula is C17H15FN2O2S. The Hall–Kier alpha value is -2.47. The molecule has 1 N–H and O–H groups in total. The van der Waals surface area contributed by atoms with Crippen LogP contribution in [0.2, 0.25) is 0 Å². The van der Waals surface area contributed by atoms with Gasteiger partial charge in [-0.05, 0) is 36.2 Å². The predicted molar refractivity (Wildman–Crippen MR) is 89.5 cm³/mol. The molecule has 23 heavy (non-hydrogen) atoms. The van der Waals surface area contributed by atoms with Gasteiger partial charge in [0.15, 0.2) is 16.7 Å². The van der Waals surface area contributed by atoms with Crippen LogP contribution in [-0.2, 0) is 11.2 Å². The van der Waals surface area contributed by atoms with E-state index < -0.39 is 5.82 Å². The number of nitrogens with zero attached hydrogens (tertiary/aromatic N) is 1. The van der Waals surface area contributed by atoms with Gasteiger partial charge in [0.25, 0.3) is 0 Å². The average Bonchev–Trinajstić information content (AvgIpc) is 2.95. The number of aromatic nitrogens is 1. The van der Waals surface area contributed by atoms with E-state index in [4.69, 9.17) is 4.74 Å². The van der Waals surface area contributed by atoms with E-state index >= 15 is 0 Å². The van der Waals surface area contributed by atoms with Gasteiger partial charge in [0.1, 0.15) is 0 Å². The average molecular weight is 330 g/mol. The maximum atomic E-state index is 13.6. The van der Waals surface area contributed by atoms with Crippen molar-refractivity contribution >= 4 is 32.6 Å². The van der Waals surface area contributed by atoms with E-state index in [9.17, 15) is 9.18 Å². The van der Waals surface area contributed by atoms with Gasteiger partial charge in [0.05, 0.1) is 17.3 Å². The quantitative estimate of drug-likeness (QED) is 0.769. The van der Waals surface area contributed by atoms with Gasteiger partial charge in [-0.3, -0.25) is 4.79 Å². The largest absolute Gasteiger partial charge is 0.494 e. The molecule has 4 nitrogen and oxygen atoms in total. The Morgan fingerprint density at radius 2 is 2.13 bits per heavy atom. The van der Waals surface area contributed by atoms with Crippen LogP contribution in [0.1, 0.15) is 12.0 Å². The van der Waals surface area contributed by atoms with Gasteiger partial charge in [-0.15, -0.1) is 0 Å². The third-order valence-corrected chi connectivity index (χ3v) is 4.35. The fourth-order valence-electron chi connectivity index (χ4n) is 2.23. The standard InChI is InChI=1S/C17H15FN2O2S/c1-22-14-8-6-11(10-12(14)18)7-9-16(21)20-17-19-13-4-2-3-5-15(13)23-17/h2-6,8,10H,7,9H2,1H3,(H,19,20,21). The van der Waals surface area contributed by atoms with Gasteiger partial charge in [-0.25, -0.2) is 9.37 Å². The second-order valence-corrected chi connectivity index (χ2v) is 6.03. The lowest BCUT2D eigenvalue weighted by atomic mass is 10.1. The first-order valence-corrected chi connectivity index (χ1v) is 7.95. The highest BCUT2D eigenvalue weighted by Crippen LogP contribution is 2.25. The molecule has 118 valence electrons. The lowest BCUT2D eigenvalue weighted by Crippen LogP contribution is -2.12. The van der Waals surface area contributed by atoms with Crippen molar-refractivity contribution in [3.05, 3.63) is 53.8 Å². The van der Waals surface area contributed by atoms with Gasteiger partial charge in [-0.1, -0.05) is 29.5 Å². The maximum absolute atomic E-state index is 13.6. The number of hydrogen-bond acceptors (Lipinski definition) is 4. The second kappa shape index (κ2) is 6.75. The summed E-state index contributed by atoms with van der Waals surface area (Å²) in [4.78, 5) is 16.4. The minimum atomic E-state index is -0.420. The predicted octanol–water partition coefficient (Wildman–Crippen LogP) is 4.02. The number of halogens is 1. The van der Waals surface area contributed by atoms with Crippen LogP contribution >= 0.6 is 11.3 Å². The maximum Gasteiger partial charge on any atom is 0.226 e. The Balaban J connectivity index is 1.60. The lowest BCUT2D eigenvalue weighted by molar-refractivity contribution is -0.116. The Morgan fingerprint density at radius 3 is 2.87 bits per heavy atom. The van der Waals surface area contributed by atoms with Gasteiger partial charge < -0.3 is 10.1 Å². The molecule has 6 heteroatoms. The molecule has 0 aliphatic rings. The monoisotopic (exact) mass is 330 g/mol. The summed E-state index contributed by atoms with van der Waals surface area (Å²) in [5.74, 6) is -0.357. The van der Waals surface area contributed by atoms with Crippen LogP contribution in [0.4, 0.5) is 9.52 Å². The number of anilines is 1. The molecule has 3 aromatic rings. The van der Waals surface area contributed by atoms with Crippen LogP contribution in [0, 0.1) is 5.82 Å². The molecule has 1 heterocycles. The summed E-state index contributed by atoms with van der Waals surface area (Å²) < 4.78 is 19.5. The fourth-order valence-corrected chi connectivity index (χ4v) is 3.11. The van der Waals surface area contributed by atoms with Crippen LogP contribution in [0.3, 0.4) is 0 Å².